The summed E-state index contributed by atoms with van der Waals surface area (Å²) < 4.78 is 6.10. The second-order valence-electron chi connectivity index (χ2n) is 3.31. The summed E-state index contributed by atoms with van der Waals surface area (Å²) in [5.41, 5.74) is 11.2. The molecule has 2 aromatic heterocycles. The standard InChI is InChI=1S/C9H10N4O3/c10-5(7(11)14)4-13-8-6(16-9(13)15)2-1-3-12-8/h1-3,5H,4,10H2,(H2,11,14). The highest BCUT2D eigenvalue weighted by Gasteiger charge is 2.16. The number of carbonyl (C=O) groups excluding carboxylic acids is 1. The molecule has 0 aliphatic carbocycles. The maximum Gasteiger partial charge on any atom is 0.421 e. The monoisotopic (exact) mass is 222 g/mol. The molecule has 0 saturated carbocycles. The number of amides is 1. The van der Waals surface area contributed by atoms with Crippen molar-refractivity contribution in [1.82, 2.24) is 9.55 Å². The van der Waals surface area contributed by atoms with Gasteiger partial charge in [-0.1, -0.05) is 0 Å². The van der Waals surface area contributed by atoms with Crippen LogP contribution in [0, 0.1) is 0 Å². The molecule has 0 radical (unpaired) electrons. The third kappa shape index (κ3) is 1.68. The number of primary amides is 1. The van der Waals surface area contributed by atoms with Crippen molar-refractivity contribution in [2.24, 2.45) is 11.5 Å². The van der Waals surface area contributed by atoms with Crippen LogP contribution in [0.25, 0.3) is 11.2 Å². The van der Waals surface area contributed by atoms with Gasteiger partial charge in [0, 0.05) is 6.20 Å². The van der Waals surface area contributed by atoms with E-state index in [4.69, 9.17) is 15.9 Å². The minimum atomic E-state index is -0.944. The lowest BCUT2D eigenvalue weighted by Gasteiger charge is -2.06. The molecule has 7 nitrogen and oxygen atoms in total. The van der Waals surface area contributed by atoms with E-state index in [1.165, 1.54) is 10.8 Å². The maximum atomic E-state index is 11.4. The van der Waals surface area contributed by atoms with Crippen LogP contribution >= 0.6 is 0 Å². The molecule has 1 amide bonds. The third-order valence-corrected chi connectivity index (χ3v) is 2.17. The molecule has 0 spiro atoms. The van der Waals surface area contributed by atoms with E-state index in [0.717, 1.165) is 0 Å². The van der Waals surface area contributed by atoms with Crippen molar-refractivity contribution in [3.63, 3.8) is 0 Å². The highest BCUT2D eigenvalue weighted by atomic mass is 16.4. The van der Waals surface area contributed by atoms with Gasteiger partial charge in [-0.3, -0.25) is 9.36 Å². The molecule has 0 bridgehead atoms. The van der Waals surface area contributed by atoms with Crippen molar-refractivity contribution in [2.45, 2.75) is 12.6 Å². The van der Waals surface area contributed by atoms with Gasteiger partial charge in [-0.25, -0.2) is 9.78 Å². The van der Waals surface area contributed by atoms with E-state index in [-0.39, 0.29) is 6.54 Å². The molecule has 4 N–H and O–H groups in total. The van der Waals surface area contributed by atoms with E-state index in [1.807, 2.05) is 0 Å². The molecule has 16 heavy (non-hydrogen) atoms. The summed E-state index contributed by atoms with van der Waals surface area (Å²) in [6.07, 6.45) is 1.52. The first-order chi connectivity index (χ1) is 7.59. The maximum absolute atomic E-state index is 11.4. The van der Waals surface area contributed by atoms with Crippen LogP contribution < -0.4 is 17.2 Å². The van der Waals surface area contributed by atoms with Crippen molar-refractivity contribution in [1.29, 1.82) is 0 Å². The van der Waals surface area contributed by atoms with Gasteiger partial charge >= 0.3 is 5.76 Å². The van der Waals surface area contributed by atoms with Gasteiger partial charge in [0.25, 0.3) is 0 Å². The molecule has 2 heterocycles. The van der Waals surface area contributed by atoms with Crippen molar-refractivity contribution in [2.75, 3.05) is 0 Å². The lowest BCUT2D eigenvalue weighted by molar-refractivity contribution is -0.119. The summed E-state index contributed by atoms with van der Waals surface area (Å²) in [5, 5.41) is 0. The van der Waals surface area contributed by atoms with Crippen molar-refractivity contribution >= 4 is 17.1 Å². The van der Waals surface area contributed by atoms with Crippen LogP contribution in [-0.4, -0.2) is 21.5 Å². The molecule has 0 aliphatic rings. The lowest BCUT2D eigenvalue weighted by Crippen LogP contribution is -2.41. The highest BCUT2D eigenvalue weighted by Crippen LogP contribution is 2.08. The Labute approximate surface area is 89.7 Å². The van der Waals surface area contributed by atoms with Gasteiger partial charge in [0.1, 0.15) is 6.04 Å². The van der Waals surface area contributed by atoms with E-state index in [2.05, 4.69) is 4.98 Å². The number of aromatic nitrogens is 2. The predicted molar refractivity (Wildman–Crippen MR) is 55.4 cm³/mol. The number of oxazole rings is 1. The summed E-state index contributed by atoms with van der Waals surface area (Å²) in [6, 6.07) is 2.31. The van der Waals surface area contributed by atoms with Crippen LogP contribution in [0.4, 0.5) is 0 Å². The molecule has 0 saturated heterocycles. The van der Waals surface area contributed by atoms with Gasteiger partial charge in [0.15, 0.2) is 11.2 Å². The zero-order chi connectivity index (χ0) is 11.7. The minimum absolute atomic E-state index is 0.0435. The number of hydrogen-bond donors (Lipinski definition) is 2. The fourth-order valence-corrected chi connectivity index (χ4v) is 1.35. The highest BCUT2D eigenvalue weighted by molar-refractivity contribution is 5.79. The van der Waals surface area contributed by atoms with E-state index in [9.17, 15) is 9.59 Å². The van der Waals surface area contributed by atoms with Crippen molar-refractivity contribution in [3.8, 4) is 0 Å². The van der Waals surface area contributed by atoms with Crippen LogP contribution in [0.1, 0.15) is 0 Å². The number of hydrogen-bond acceptors (Lipinski definition) is 5. The number of nitrogens with zero attached hydrogens (tertiary/aromatic N) is 2. The fourth-order valence-electron chi connectivity index (χ4n) is 1.35. The second kappa shape index (κ2) is 3.78. The van der Waals surface area contributed by atoms with E-state index in [1.54, 1.807) is 12.1 Å². The number of pyridine rings is 1. The third-order valence-electron chi connectivity index (χ3n) is 2.17. The first-order valence-electron chi connectivity index (χ1n) is 4.59. The Hall–Kier alpha value is -2.15. The van der Waals surface area contributed by atoms with Crippen molar-refractivity contribution in [3.05, 3.63) is 28.9 Å². The average Bonchev–Trinajstić information content (AvgIpc) is 2.55. The molecule has 0 fully saturated rings. The first kappa shape index (κ1) is 10.4. The van der Waals surface area contributed by atoms with Crippen LogP contribution in [-0.2, 0) is 11.3 Å². The molecule has 0 aromatic carbocycles. The topological polar surface area (TPSA) is 117 Å². The smallest absolute Gasteiger partial charge is 0.406 e. The number of carbonyl (C=O) groups is 1. The molecule has 0 aliphatic heterocycles. The molecule has 2 rings (SSSR count). The van der Waals surface area contributed by atoms with Crippen LogP contribution in [0.5, 0.6) is 0 Å². The Morgan fingerprint density at radius 1 is 1.62 bits per heavy atom. The molecule has 1 unspecified atom stereocenters. The lowest BCUT2D eigenvalue weighted by atomic mass is 10.3. The van der Waals surface area contributed by atoms with Gasteiger partial charge in [0.05, 0.1) is 6.54 Å². The largest absolute Gasteiger partial charge is 0.421 e. The van der Waals surface area contributed by atoms with E-state index >= 15 is 0 Å². The quantitative estimate of drug-likeness (QED) is 0.676. The minimum Gasteiger partial charge on any atom is -0.406 e. The van der Waals surface area contributed by atoms with Crippen LogP contribution in [0.2, 0.25) is 0 Å². The van der Waals surface area contributed by atoms with Gasteiger partial charge in [-0.05, 0) is 12.1 Å². The zero-order valence-electron chi connectivity index (χ0n) is 8.29. The van der Waals surface area contributed by atoms with Gasteiger partial charge in [0.2, 0.25) is 5.91 Å². The fraction of sp³-hybridized carbons (Fsp3) is 0.222. The molecule has 1 atom stereocenters. The van der Waals surface area contributed by atoms with Crippen LogP contribution in [0.15, 0.2) is 27.5 Å². The van der Waals surface area contributed by atoms with Gasteiger partial charge in [-0.2, -0.15) is 0 Å². The summed E-state index contributed by atoms with van der Waals surface area (Å²) in [5.74, 6) is -1.29. The second-order valence-corrected chi connectivity index (χ2v) is 3.31. The van der Waals surface area contributed by atoms with Gasteiger partial charge in [-0.15, -0.1) is 0 Å². The SMILES string of the molecule is NC(=O)C(N)Cn1c(=O)oc2cccnc21. The first-order valence-corrected chi connectivity index (χ1v) is 4.59. The molecule has 84 valence electrons. The summed E-state index contributed by atoms with van der Waals surface area (Å²) in [4.78, 5) is 26.2. The molecule has 2 aromatic rings. The Kier molecular flexibility index (Phi) is 2.45. The summed E-state index contributed by atoms with van der Waals surface area (Å²) in [6.45, 7) is -0.0435. The Balaban J connectivity index is 2.48. The van der Waals surface area contributed by atoms with E-state index in [0.29, 0.717) is 11.2 Å². The van der Waals surface area contributed by atoms with E-state index < -0.39 is 17.7 Å². The predicted octanol–water partition coefficient (Wildman–Crippen LogP) is -1.20. The molecular formula is C9H10N4O3. The summed E-state index contributed by atoms with van der Waals surface area (Å²) in [7, 11) is 0. The normalized spacial score (nSPS) is 12.8. The molecule has 7 heteroatoms. The van der Waals surface area contributed by atoms with Crippen molar-refractivity contribution < 1.29 is 9.21 Å². The van der Waals surface area contributed by atoms with Crippen LogP contribution in [0.3, 0.4) is 0 Å². The Bertz CT molecular complexity index is 586. The number of rotatable bonds is 3. The Morgan fingerprint density at radius 2 is 2.38 bits per heavy atom. The average molecular weight is 222 g/mol. The molecular weight excluding hydrogens is 212 g/mol. The number of nitrogens with two attached hydrogens (primary N) is 2. The van der Waals surface area contributed by atoms with Gasteiger partial charge < -0.3 is 15.9 Å². The Morgan fingerprint density at radius 3 is 3.06 bits per heavy atom. The summed E-state index contributed by atoms with van der Waals surface area (Å²) >= 11 is 0. The zero-order valence-corrected chi connectivity index (χ0v) is 8.29. The number of fused-ring (bicyclic) bond motifs is 1.